The molecule has 0 aliphatic carbocycles. The minimum Gasteiger partial charge on any atom is -0.493 e. The number of benzene rings is 1. The zero-order valence-electron chi connectivity index (χ0n) is 9.07. The van der Waals surface area contributed by atoms with E-state index in [0.29, 0.717) is 6.42 Å². The Bertz CT molecular complexity index is 395. The quantitative estimate of drug-likeness (QED) is 0.657. The third-order valence-corrected chi connectivity index (χ3v) is 3.22. The van der Waals surface area contributed by atoms with Crippen molar-refractivity contribution >= 4 is 0 Å². The fourth-order valence-corrected chi connectivity index (χ4v) is 2.35. The number of ether oxygens (including phenoxy) is 1. The molecule has 2 aliphatic rings. The average Bonchev–Trinajstić information content (AvgIpc) is 2.75. The molecule has 16 heavy (non-hydrogen) atoms. The Labute approximate surface area is 94.6 Å². The van der Waals surface area contributed by atoms with Crippen LogP contribution >= 0.6 is 0 Å². The summed E-state index contributed by atoms with van der Waals surface area (Å²) < 4.78 is 5.58. The lowest BCUT2D eigenvalue weighted by Gasteiger charge is -2.19. The molecule has 3 N–H and O–H groups in total. The van der Waals surface area contributed by atoms with Crippen molar-refractivity contribution in [2.24, 2.45) is 0 Å². The number of hydrogen-bond acceptors (Lipinski definition) is 4. The van der Waals surface area contributed by atoms with Crippen molar-refractivity contribution in [3.63, 3.8) is 0 Å². The molecule has 1 aromatic rings. The standard InChI is InChI=1S/C12H16N2O2/c15-12-7-10(13-14-12)8-3-4-11-9(6-8)2-1-5-16-11/h3-4,6,10,12-15H,1-2,5,7H2. The Kier molecular flexibility index (Phi) is 2.55. The highest BCUT2D eigenvalue weighted by Gasteiger charge is 2.24. The third kappa shape index (κ3) is 1.80. The summed E-state index contributed by atoms with van der Waals surface area (Å²) in [6.45, 7) is 0.828. The first kappa shape index (κ1) is 10.1. The molecular weight excluding hydrogens is 204 g/mol. The van der Waals surface area contributed by atoms with E-state index in [1.54, 1.807) is 0 Å². The van der Waals surface area contributed by atoms with Crippen LogP contribution in [0, 0.1) is 0 Å². The van der Waals surface area contributed by atoms with Crippen LogP contribution < -0.4 is 15.6 Å². The van der Waals surface area contributed by atoms with Crippen LogP contribution in [0.2, 0.25) is 0 Å². The average molecular weight is 220 g/mol. The lowest BCUT2D eigenvalue weighted by Crippen LogP contribution is -2.30. The molecular formula is C12H16N2O2. The van der Waals surface area contributed by atoms with Gasteiger partial charge in [-0.15, -0.1) is 0 Å². The number of aryl methyl sites for hydroxylation is 1. The van der Waals surface area contributed by atoms with Crippen LogP contribution in [-0.4, -0.2) is 17.9 Å². The maximum Gasteiger partial charge on any atom is 0.122 e. The van der Waals surface area contributed by atoms with Gasteiger partial charge in [-0.05, 0) is 30.0 Å². The van der Waals surface area contributed by atoms with Crippen molar-refractivity contribution in [2.75, 3.05) is 6.61 Å². The first-order chi connectivity index (χ1) is 7.83. The fraction of sp³-hybridized carbons (Fsp3) is 0.500. The largest absolute Gasteiger partial charge is 0.493 e. The maximum atomic E-state index is 9.40. The zero-order chi connectivity index (χ0) is 11.0. The number of hydrogen-bond donors (Lipinski definition) is 3. The molecule has 4 nitrogen and oxygen atoms in total. The lowest BCUT2D eigenvalue weighted by atomic mass is 9.98. The summed E-state index contributed by atoms with van der Waals surface area (Å²) in [5.41, 5.74) is 8.41. The predicted octanol–water partition coefficient (Wildman–Crippen LogP) is 0.869. The Morgan fingerprint density at radius 1 is 1.31 bits per heavy atom. The molecule has 2 heterocycles. The number of aliphatic hydroxyl groups excluding tert-OH is 1. The molecule has 2 aliphatic heterocycles. The molecule has 0 saturated carbocycles. The molecule has 0 bridgehead atoms. The molecule has 0 amide bonds. The Morgan fingerprint density at radius 3 is 3.06 bits per heavy atom. The van der Waals surface area contributed by atoms with Crippen LogP contribution in [0.5, 0.6) is 5.75 Å². The van der Waals surface area contributed by atoms with E-state index in [0.717, 1.165) is 25.2 Å². The Balaban J connectivity index is 1.85. The van der Waals surface area contributed by atoms with Crippen molar-refractivity contribution in [3.8, 4) is 5.75 Å². The highest BCUT2D eigenvalue weighted by Crippen LogP contribution is 2.29. The van der Waals surface area contributed by atoms with Crippen LogP contribution in [0.1, 0.15) is 30.0 Å². The van der Waals surface area contributed by atoms with Gasteiger partial charge in [0.25, 0.3) is 0 Å². The van der Waals surface area contributed by atoms with E-state index < -0.39 is 6.23 Å². The lowest BCUT2D eigenvalue weighted by molar-refractivity contribution is 0.153. The third-order valence-electron chi connectivity index (χ3n) is 3.22. The molecule has 1 saturated heterocycles. The molecule has 0 aromatic heterocycles. The van der Waals surface area contributed by atoms with E-state index in [1.807, 2.05) is 6.07 Å². The smallest absolute Gasteiger partial charge is 0.122 e. The van der Waals surface area contributed by atoms with Crippen LogP contribution in [0.3, 0.4) is 0 Å². The molecule has 1 fully saturated rings. The van der Waals surface area contributed by atoms with Crippen molar-refractivity contribution in [3.05, 3.63) is 29.3 Å². The highest BCUT2D eigenvalue weighted by molar-refractivity contribution is 5.39. The predicted molar refractivity (Wildman–Crippen MR) is 59.9 cm³/mol. The van der Waals surface area contributed by atoms with Gasteiger partial charge in [0.05, 0.1) is 12.6 Å². The summed E-state index contributed by atoms with van der Waals surface area (Å²) in [5.74, 6) is 1.02. The summed E-state index contributed by atoms with van der Waals surface area (Å²) in [4.78, 5) is 0. The molecule has 2 atom stereocenters. The molecule has 4 heteroatoms. The van der Waals surface area contributed by atoms with Gasteiger partial charge >= 0.3 is 0 Å². The van der Waals surface area contributed by atoms with E-state index in [2.05, 4.69) is 23.0 Å². The van der Waals surface area contributed by atoms with Gasteiger partial charge in [-0.2, -0.15) is 0 Å². The fourth-order valence-electron chi connectivity index (χ4n) is 2.35. The first-order valence-corrected chi connectivity index (χ1v) is 5.78. The number of fused-ring (bicyclic) bond motifs is 1. The monoisotopic (exact) mass is 220 g/mol. The van der Waals surface area contributed by atoms with Crippen LogP contribution in [-0.2, 0) is 6.42 Å². The summed E-state index contributed by atoms with van der Waals surface area (Å²) in [6.07, 6.45) is 2.44. The zero-order valence-corrected chi connectivity index (χ0v) is 9.07. The van der Waals surface area contributed by atoms with Gasteiger partial charge < -0.3 is 9.84 Å². The van der Waals surface area contributed by atoms with Gasteiger partial charge in [0.2, 0.25) is 0 Å². The van der Waals surface area contributed by atoms with Crippen molar-refractivity contribution in [1.82, 2.24) is 10.9 Å². The van der Waals surface area contributed by atoms with E-state index in [1.165, 1.54) is 11.1 Å². The number of hydrazine groups is 1. The van der Waals surface area contributed by atoms with Crippen LogP contribution in [0.15, 0.2) is 18.2 Å². The van der Waals surface area contributed by atoms with E-state index >= 15 is 0 Å². The second kappa shape index (κ2) is 4.05. The minimum atomic E-state index is -0.447. The van der Waals surface area contributed by atoms with E-state index in [9.17, 15) is 5.11 Å². The molecule has 86 valence electrons. The molecule has 1 aromatic carbocycles. The highest BCUT2D eigenvalue weighted by atomic mass is 16.5. The second-order valence-electron chi connectivity index (χ2n) is 4.41. The van der Waals surface area contributed by atoms with E-state index in [-0.39, 0.29) is 6.04 Å². The normalized spacial score (nSPS) is 28.6. The Hall–Kier alpha value is -1.10. The van der Waals surface area contributed by atoms with Gasteiger partial charge in [-0.3, -0.25) is 0 Å². The number of rotatable bonds is 1. The van der Waals surface area contributed by atoms with Crippen molar-refractivity contribution in [1.29, 1.82) is 0 Å². The molecule has 3 rings (SSSR count). The SMILES string of the molecule is OC1CC(c2ccc3c(c2)CCCO3)NN1. The van der Waals surface area contributed by atoms with Crippen LogP contribution in [0.25, 0.3) is 0 Å². The van der Waals surface area contributed by atoms with Crippen LogP contribution in [0.4, 0.5) is 0 Å². The minimum absolute atomic E-state index is 0.197. The van der Waals surface area contributed by atoms with Gasteiger partial charge in [0, 0.05) is 6.42 Å². The molecule has 0 radical (unpaired) electrons. The summed E-state index contributed by atoms with van der Waals surface area (Å²) in [7, 11) is 0. The Morgan fingerprint density at radius 2 is 2.25 bits per heavy atom. The van der Waals surface area contributed by atoms with Crippen molar-refractivity contribution < 1.29 is 9.84 Å². The molecule has 2 unspecified atom stereocenters. The molecule has 0 spiro atoms. The number of aliphatic hydroxyl groups is 1. The van der Waals surface area contributed by atoms with Gasteiger partial charge in [0.15, 0.2) is 0 Å². The van der Waals surface area contributed by atoms with E-state index in [4.69, 9.17) is 4.74 Å². The summed E-state index contributed by atoms with van der Waals surface area (Å²) in [5, 5.41) is 9.40. The summed E-state index contributed by atoms with van der Waals surface area (Å²) >= 11 is 0. The van der Waals surface area contributed by atoms with Gasteiger partial charge in [0.1, 0.15) is 12.0 Å². The van der Waals surface area contributed by atoms with Gasteiger partial charge in [-0.1, -0.05) is 12.1 Å². The second-order valence-corrected chi connectivity index (χ2v) is 4.41. The van der Waals surface area contributed by atoms with Crippen molar-refractivity contribution in [2.45, 2.75) is 31.5 Å². The maximum absolute atomic E-state index is 9.40. The summed E-state index contributed by atoms with van der Waals surface area (Å²) in [6, 6.07) is 6.49. The number of nitrogens with one attached hydrogen (secondary N) is 2. The topological polar surface area (TPSA) is 53.5 Å². The first-order valence-electron chi connectivity index (χ1n) is 5.78. The van der Waals surface area contributed by atoms with Gasteiger partial charge in [-0.25, -0.2) is 10.9 Å².